The van der Waals surface area contributed by atoms with Gasteiger partial charge in [0, 0.05) is 24.5 Å². The SMILES string of the molecule is COCC(c1cnn2cc(C(NC(=O)c3nonc3C)C3CC4C(C3)C4(F)F)nc2c1)N1CC(C(F)(F)F)NC1=O. The van der Waals surface area contributed by atoms with Crippen molar-refractivity contribution in [2.24, 2.45) is 17.8 Å². The summed E-state index contributed by atoms with van der Waals surface area (Å²) in [6.07, 6.45) is -1.31. The average Bonchev–Trinajstić information content (AvgIpc) is 3.56. The van der Waals surface area contributed by atoms with Crippen LogP contribution in [-0.4, -0.2) is 80.2 Å². The Morgan fingerprint density at radius 1 is 1.29 bits per heavy atom. The first kappa shape index (κ1) is 27.3. The summed E-state index contributed by atoms with van der Waals surface area (Å²) >= 11 is 0. The van der Waals surface area contributed by atoms with Crippen LogP contribution in [0.3, 0.4) is 0 Å². The van der Waals surface area contributed by atoms with Crippen molar-refractivity contribution in [3.8, 4) is 0 Å². The molecule has 0 radical (unpaired) electrons. The van der Waals surface area contributed by atoms with Gasteiger partial charge in [-0.1, -0.05) is 5.16 Å². The number of imidazole rings is 1. The highest BCUT2D eigenvalue weighted by Gasteiger charge is 2.72. The van der Waals surface area contributed by atoms with Gasteiger partial charge in [-0.15, -0.1) is 0 Å². The molecule has 0 aromatic carbocycles. The molecular formula is C24H25F5N8O4. The van der Waals surface area contributed by atoms with Crippen molar-refractivity contribution in [2.75, 3.05) is 20.3 Å². The highest BCUT2D eigenvalue weighted by molar-refractivity contribution is 5.93. The van der Waals surface area contributed by atoms with Gasteiger partial charge in [0.25, 0.3) is 11.8 Å². The number of nitrogens with zero attached hydrogens (tertiary/aromatic N) is 6. The molecule has 41 heavy (non-hydrogen) atoms. The number of carbonyl (C=O) groups excluding carboxylic acids is 2. The number of aryl methyl sites for hydroxylation is 1. The number of ether oxygens (including phenoxy) is 1. The monoisotopic (exact) mass is 584 g/mol. The van der Waals surface area contributed by atoms with Gasteiger partial charge in [0.05, 0.1) is 43.3 Å². The van der Waals surface area contributed by atoms with Gasteiger partial charge in [-0.3, -0.25) is 4.79 Å². The van der Waals surface area contributed by atoms with Crippen molar-refractivity contribution in [1.29, 1.82) is 0 Å². The number of rotatable bonds is 8. The van der Waals surface area contributed by atoms with Crippen molar-refractivity contribution >= 4 is 17.6 Å². The Hall–Kier alpha value is -3.89. The van der Waals surface area contributed by atoms with E-state index in [1.807, 2.05) is 5.32 Å². The summed E-state index contributed by atoms with van der Waals surface area (Å²) < 4.78 is 78.9. The molecule has 3 amide bonds. The van der Waals surface area contributed by atoms with Crippen LogP contribution >= 0.6 is 0 Å². The number of alkyl halides is 5. The molecule has 0 bridgehead atoms. The molecular weight excluding hydrogens is 559 g/mol. The lowest BCUT2D eigenvalue weighted by atomic mass is 9.91. The summed E-state index contributed by atoms with van der Waals surface area (Å²) in [4.78, 5) is 31.0. The second kappa shape index (κ2) is 9.60. The van der Waals surface area contributed by atoms with Gasteiger partial charge in [0.2, 0.25) is 0 Å². The average molecular weight is 585 g/mol. The molecule has 1 aliphatic heterocycles. The molecule has 3 aliphatic rings. The maximum absolute atomic E-state index is 14.0. The molecule has 4 heterocycles. The van der Waals surface area contributed by atoms with E-state index in [1.54, 1.807) is 12.3 Å². The highest BCUT2D eigenvalue weighted by atomic mass is 19.4. The Balaban J connectivity index is 1.29. The smallest absolute Gasteiger partial charge is 0.382 e. The zero-order valence-electron chi connectivity index (χ0n) is 21.7. The van der Waals surface area contributed by atoms with Crippen LogP contribution in [0, 0.1) is 24.7 Å². The molecule has 1 saturated heterocycles. The standard InChI is InChI=1S/C24H25F5N8O4/c1-10-19(35-41-34-10)21(38)33-20(11-3-13-14(4-11)23(13,25)26)15-7-37-18(31-15)5-12(6-30-37)16(9-40-2)36-8-17(24(27,28)29)32-22(36)39/h5-7,11,13-14,16-17,20H,3-4,8-9H2,1-2H3,(H,32,39)(H,33,38). The van der Waals surface area contributed by atoms with Crippen molar-refractivity contribution in [3.05, 3.63) is 41.1 Å². The Labute approximate surface area is 228 Å². The largest absolute Gasteiger partial charge is 0.410 e. The third-order valence-electron chi connectivity index (χ3n) is 8.20. The molecule has 6 rings (SSSR count). The van der Waals surface area contributed by atoms with Crippen molar-refractivity contribution in [2.45, 2.75) is 50.0 Å². The van der Waals surface area contributed by atoms with E-state index in [0.717, 1.165) is 4.90 Å². The van der Waals surface area contributed by atoms with Gasteiger partial charge >= 0.3 is 12.2 Å². The van der Waals surface area contributed by atoms with Crippen LogP contribution in [0.2, 0.25) is 0 Å². The normalized spacial score (nSPS) is 26.6. The van der Waals surface area contributed by atoms with Crippen molar-refractivity contribution in [1.82, 2.24) is 40.4 Å². The third-order valence-corrected chi connectivity index (χ3v) is 8.20. The minimum Gasteiger partial charge on any atom is -0.382 e. The lowest BCUT2D eigenvalue weighted by Gasteiger charge is -2.26. The fourth-order valence-electron chi connectivity index (χ4n) is 5.98. The van der Waals surface area contributed by atoms with Gasteiger partial charge in [0.1, 0.15) is 11.7 Å². The molecule has 5 unspecified atom stereocenters. The van der Waals surface area contributed by atoms with E-state index in [1.165, 1.54) is 24.7 Å². The number of urea groups is 1. The first-order valence-corrected chi connectivity index (χ1v) is 12.8. The maximum atomic E-state index is 14.0. The van der Waals surface area contributed by atoms with Gasteiger partial charge < -0.3 is 20.3 Å². The fraction of sp³-hybridized carbons (Fsp3) is 0.583. The minimum atomic E-state index is -4.62. The summed E-state index contributed by atoms with van der Waals surface area (Å²) in [5.74, 6) is -5.17. The van der Waals surface area contributed by atoms with E-state index >= 15 is 0 Å². The number of amides is 3. The van der Waals surface area contributed by atoms with E-state index in [2.05, 4.69) is 30.3 Å². The molecule has 5 atom stereocenters. The molecule has 3 aromatic rings. The topological polar surface area (TPSA) is 140 Å². The molecule has 2 aliphatic carbocycles. The van der Waals surface area contributed by atoms with E-state index in [-0.39, 0.29) is 42.4 Å². The molecule has 12 nitrogen and oxygen atoms in total. The van der Waals surface area contributed by atoms with Crippen LogP contribution in [0.1, 0.15) is 52.4 Å². The summed E-state index contributed by atoms with van der Waals surface area (Å²) in [5, 5.41) is 16.3. The number of nitrogens with one attached hydrogen (secondary N) is 2. The van der Waals surface area contributed by atoms with Gasteiger partial charge in [-0.25, -0.2) is 27.7 Å². The molecule has 220 valence electrons. The molecule has 3 fully saturated rings. The van der Waals surface area contributed by atoms with Crippen molar-refractivity contribution in [3.63, 3.8) is 0 Å². The van der Waals surface area contributed by atoms with E-state index in [9.17, 15) is 31.5 Å². The van der Waals surface area contributed by atoms with Crippen molar-refractivity contribution < 1.29 is 40.9 Å². The number of hydrogen-bond donors (Lipinski definition) is 2. The fourth-order valence-corrected chi connectivity index (χ4v) is 5.98. The minimum absolute atomic E-state index is 0.0453. The predicted molar refractivity (Wildman–Crippen MR) is 127 cm³/mol. The van der Waals surface area contributed by atoms with E-state index in [4.69, 9.17) is 4.74 Å². The summed E-state index contributed by atoms with van der Waals surface area (Å²) in [6.45, 7) is 0.822. The second-order valence-electron chi connectivity index (χ2n) is 10.7. The summed E-state index contributed by atoms with van der Waals surface area (Å²) in [6, 6.07) is -3.03. The Bertz CT molecular complexity index is 1480. The molecule has 3 aromatic heterocycles. The van der Waals surface area contributed by atoms with Crippen LogP contribution in [0.15, 0.2) is 23.1 Å². The van der Waals surface area contributed by atoms with Crippen LogP contribution in [0.25, 0.3) is 5.65 Å². The van der Waals surface area contributed by atoms with Crippen LogP contribution in [0.5, 0.6) is 0 Å². The Morgan fingerprint density at radius 2 is 2.02 bits per heavy atom. The molecule has 17 heteroatoms. The number of methoxy groups -OCH3 is 1. The number of carbonyl (C=O) groups is 2. The van der Waals surface area contributed by atoms with E-state index < -0.39 is 60.5 Å². The Morgan fingerprint density at radius 3 is 2.63 bits per heavy atom. The number of halogens is 5. The van der Waals surface area contributed by atoms with Gasteiger partial charge in [-0.05, 0) is 36.9 Å². The first-order valence-electron chi connectivity index (χ1n) is 12.8. The zero-order valence-corrected chi connectivity index (χ0v) is 21.7. The first-order chi connectivity index (χ1) is 19.4. The quantitative estimate of drug-likeness (QED) is 0.386. The second-order valence-corrected chi connectivity index (χ2v) is 10.7. The van der Waals surface area contributed by atoms with Crippen LogP contribution in [-0.2, 0) is 4.74 Å². The summed E-state index contributed by atoms with van der Waals surface area (Å²) in [5.41, 5.74) is 1.21. The molecule has 2 N–H and O–H groups in total. The van der Waals surface area contributed by atoms with Gasteiger partial charge in [0.15, 0.2) is 11.3 Å². The lowest BCUT2D eigenvalue weighted by molar-refractivity contribution is -0.150. The van der Waals surface area contributed by atoms with Gasteiger partial charge in [-0.2, -0.15) is 18.3 Å². The van der Waals surface area contributed by atoms with E-state index in [0.29, 0.717) is 11.3 Å². The van der Waals surface area contributed by atoms with Crippen LogP contribution in [0.4, 0.5) is 26.7 Å². The third kappa shape index (κ3) is 4.74. The summed E-state index contributed by atoms with van der Waals surface area (Å²) in [7, 11) is 1.36. The highest BCUT2D eigenvalue weighted by Crippen LogP contribution is 2.67. The molecule has 2 saturated carbocycles. The predicted octanol–water partition coefficient (Wildman–Crippen LogP) is 2.83. The molecule has 0 spiro atoms. The number of fused-ring (bicyclic) bond motifs is 2. The number of aromatic nitrogens is 5. The zero-order chi connectivity index (χ0) is 29.3. The maximum Gasteiger partial charge on any atom is 0.410 e. The van der Waals surface area contributed by atoms with Crippen LogP contribution < -0.4 is 10.6 Å². The lowest BCUT2D eigenvalue weighted by Crippen LogP contribution is -2.40. The number of hydrogen-bond acceptors (Lipinski definition) is 8. The Kier molecular flexibility index (Phi) is 6.39.